The van der Waals surface area contributed by atoms with Crippen molar-refractivity contribution in [2.24, 2.45) is 0 Å². The zero-order valence-corrected chi connectivity index (χ0v) is 21.7. The highest BCUT2D eigenvalue weighted by Gasteiger charge is 2.23. The van der Waals surface area contributed by atoms with Gasteiger partial charge in [-0.25, -0.2) is 4.79 Å². The average Bonchev–Trinajstić information content (AvgIpc) is 3.22. The summed E-state index contributed by atoms with van der Waals surface area (Å²) in [4.78, 5) is 44.4. The largest absolute Gasteiger partial charge is 0.480 e. The number of carboxylic acid groups (broad SMARTS) is 1. The zero-order valence-electron chi connectivity index (χ0n) is 20.1. The molecule has 8 nitrogen and oxygen atoms in total. The minimum atomic E-state index is -1.15. The molecule has 0 bridgehead atoms. The van der Waals surface area contributed by atoms with E-state index in [4.69, 9.17) is 4.98 Å². The molecule has 4 N–H and O–H groups in total. The van der Waals surface area contributed by atoms with E-state index in [0.717, 1.165) is 48.7 Å². The number of amides is 2. The van der Waals surface area contributed by atoms with Gasteiger partial charge in [0.05, 0.1) is 4.47 Å². The number of carbonyl (C=O) groups excluding carboxylic acids is 2. The molecule has 9 heteroatoms. The number of carbonyl (C=O) groups is 3. The minimum Gasteiger partial charge on any atom is -0.480 e. The lowest BCUT2D eigenvalue weighted by Crippen LogP contribution is -2.43. The number of rotatable bonds is 11. The van der Waals surface area contributed by atoms with Crippen LogP contribution in [-0.4, -0.2) is 45.4 Å². The molecule has 1 aliphatic carbocycles. The van der Waals surface area contributed by atoms with Gasteiger partial charge < -0.3 is 20.7 Å². The third-order valence-corrected chi connectivity index (χ3v) is 7.37. The topological polar surface area (TPSA) is 124 Å². The number of unbranched alkanes of at least 4 members (excludes halogenated alkanes) is 1. The van der Waals surface area contributed by atoms with Crippen LogP contribution in [-0.2, 0) is 28.9 Å². The summed E-state index contributed by atoms with van der Waals surface area (Å²) in [6, 6.07) is 10.6. The molecular formula is C27H31BrN4O4. The van der Waals surface area contributed by atoms with Crippen LogP contribution in [0.3, 0.4) is 0 Å². The van der Waals surface area contributed by atoms with Crippen molar-refractivity contribution >= 4 is 44.6 Å². The quantitative estimate of drug-likeness (QED) is 0.263. The number of aryl methyl sites for hydroxylation is 3. The fraction of sp³-hybridized carbons (Fsp3) is 0.407. The van der Waals surface area contributed by atoms with Crippen molar-refractivity contribution < 1.29 is 19.5 Å². The summed E-state index contributed by atoms with van der Waals surface area (Å²) >= 11 is 3.41. The summed E-state index contributed by atoms with van der Waals surface area (Å²) in [5.41, 5.74) is 4.72. The Labute approximate surface area is 218 Å². The van der Waals surface area contributed by atoms with Crippen LogP contribution >= 0.6 is 15.9 Å². The van der Waals surface area contributed by atoms with E-state index in [-0.39, 0.29) is 24.6 Å². The number of halogens is 1. The van der Waals surface area contributed by atoms with Crippen LogP contribution in [0.1, 0.15) is 66.0 Å². The maximum atomic E-state index is 12.7. The van der Waals surface area contributed by atoms with E-state index >= 15 is 0 Å². The van der Waals surface area contributed by atoms with Gasteiger partial charge in [-0.15, -0.1) is 0 Å². The van der Waals surface area contributed by atoms with Crippen molar-refractivity contribution in [3.05, 3.63) is 63.5 Å². The van der Waals surface area contributed by atoms with Crippen LogP contribution in [0.5, 0.6) is 0 Å². The molecule has 36 heavy (non-hydrogen) atoms. The number of aromatic nitrogens is 2. The van der Waals surface area contributed by atoms with E-state index in [1.54, 1.807) is 0 Å². The first kappa shape index (κ1) is 25.9. The van der Waals surface area contributed by atoms with Gasteiger partial charge in [-0.05, 0) is 85.0 Å². The van der Waals surface area contributed by atoms with Gasteiger partial charge in [-0.1, -0.05) is 24.3 Å². The highest BCUT2D eigenvalue weighted by atomic mass is 79.9. The average molecular weight is 555 g/mol. The van der Waals surface area contributed by atoms with Crippen molar-refractivity contribution in [3.63, 3.8) is 0 Å². The van der Waals surface area contributed by atoms with E-state index in [9.17, 15) is 19.5 Å². The molecule has 4 rings (SSSR count). The predicted octanol–water partition coefficient (Wildman–Crippen LogP) is 4.31. The van der Waals surface area contributed by atoms with Gasteiger partial charge in [0.2, 0.25) is 5.91 Å². The highest BCUT2D eigenvalue weighted by Crippen LogP contribution is 2.27. The van der Waals surface area contributed by atoms with Crippen LogP contribution in [0.15, 0.2) is 40.9 Å². The monoisotopic (exact) mass is 554 g/mol. The molecule has 0 spiro atoms. The SMILES string of the molecule is O=C(CCCCc1ccc2c(n1)CCCC2)NCC[C@H](NC(=O)c1[nH]c2ccccc2c1Br)C(=O)O. The summed E-state index contributed by atoms with van der Waals surface area (Å²) < 4.78 is 0.582. The van der Waals surface area contributed by atoms with Crippen molar-refractivity contribution in [2.75, 3.05) is 6.54 Å². The Balaban J connectivity index is 1.18. The molecule has 1 atom stereocenters. The van der Waals surface area contributed by atoms with Crippen molar-refractivity contribution in [3.8, 4) is 0 Å². The molecule has 1 aromatic carbocycles. The first-order chi connectivity index (χ1) is 17.4. The second-order valence-corrected chi connectivity index (χ2v) is 9.98. The second-order valence-electron chi connectivity index (χ2n) is 9.19. The van der Waals surface area contributed by atoms with E-state index in [2.05, 4.69) is 43.7 Å². The number of H-pyrrole nitrogens is 1. The molecule has 2 aromatic heterocycles. The molecule has 0 radical (unpaired) electrons. The summed E-state index contributed by atoms with van der Waals surface area (Å²) in [5, 5.41) is 15.7. The molecule has 2 amide bonds. The number of para-hydroxylation sites is 1. The molecule has 0 saturated carbocycles. The van der Waals surface area contributed by atoms with Gasteiger partial charge in [0.15, 0.2) is 0 Å². The maximum absolute atomic E-state index is 12.7. The number of fused-ring (bicyclic) bond motifs is 2. The number of aromatic amines is 1. The van der Waals surface area contributed by atoms with Crippen molar-refractivity contribution in [1.82, 2.24) is 20.6 Å². The lowest BCUT2D eigenvalue weighted by molar-refractivity contribution is -0.139. The number of hydrogen-bond donors (Lipinski definition) is 4. The summed E-state index contributed by atoms with van der Waals surface area (Å²) in [5.74, 6) is -1.79. The van der Waals surface area contributed by atoms with E-state index < -0.39 is 17.9 Å². The number of benzene rings is 1. The van der Waals surface area contributed by atoms with Gasteiger partial charge in [0.1, 0.15) is 11.7 Å². The van der Waals surface area contributed by atoms with Crippen LogP contribution in [0.25, 0.3) is 10.9 Å². The van der Waals surface area contributed by atoms with Crippen LogP contribution in [0, 0.1) is 0 Å². The molecular weight excluding hydrogens is 524 g/mol. The van der Waals surface area contributed by atoms with Crippen molar-refractivity contribution in [2.45, 2.75) is 63.8 Å². The molecule has 3 aromatic rings. The molecule has 190 valence electrons. The van der Waals surface area contributed by atoms with Crippen molar-refractivity contribution in [1.29, 1.82) is 0 Å². The van der Waals surface area contributed by atoms with Crippen LogP contribution in [0.4, 0.5) is 0 Å². The lowest BCUT2D eigenvalue weighted by atomic mass is 9.95. The third kappa shape index (κ3) is 6.51. The Morgan fingerprint density at radius 3 is 2.69 bits per heavy atom. The summed E-state index contributed by atoms with van der Waals surface area (Å²) in [6.07, 6.45) is 7.53. The van der Waals surface area contributed by atoms with E-state index in [0.29, 0.717) is 10.9 Å². The smallest absolute Gasteiger partial charge is 0.326 e. The Hall–Kier alpha value is -3.20. The first-order valence-electron chi connectivity index (χ1n) is 12.5. The van der Waals surface area contributed by atoms with Gasteiger partial charge in [-0.3, -0.25) is 14.6 Å². The standard InChI is InChI=1S/C27H31BrN4O4/c28-24-19-9-3-5-11-21(19)31-25(24)26(34)32-22(27(35)36)15-16-29-23(33)12-6-2-8-18-14-13-17-7-1-4-10-20(17)30-18/h3,5,9,11,13-14,22,31H,1-2,4,6-8,10,12,15-16H2,(H,29,33)(H,32,34)(H,35,36)/t22-/m0/s1. The number of carboxylic acids is 1. The molecule has 0 aliphatic heterocycles. The molecule has 0 unspecified atom stereocenters. The Kier molecular flexibility index (Phi) is 8.74. The summed E-state index contributed by atoms with van der Waals surface area (Å²) in [6.45, 7) is 0.163. The van der Waals surface area contributed by atoms with Crippen LogP contribution < -0.4 is 10.6 Å². The van der Waals surface area contributed by atoms with Gasteiger partial charge in [0.25, 0.3) is 5.91 Å². The number of nitrogens with zero attached hydrogens (tertiary/aromatic N) is 1. The van der Waals surface area contributed by atoms with Gasteiger partial charge in [0, 0.05) is 35.3 Å². The molecule has 1 aliphatic rings. The van der Waals surface area contributed by atoms with Gasteiger partial charge in [-0.2, -0.15) is 0 Å². The second kappa shape index (κ2) is 12.2. The normalized spacial score (nSPS) is 13.7. The lowest BCUT2D eigenvalue weighted by Gasteiger charge is -2.15. The highest BCUT2D eigenvalue weighted by molar-refractivity contribution is 9.10. The third-order valence-electron chi connectivity index (χ3n) is 6.55. The Morgan fingerprint density at radius 2 is 1.89 bits per heavy atom. The number of aliphatic carboxylic acids is 1. The molecule has 2 heterocycles. The fourth-order valence-electron chi connectivity index (χ4n) is 4.55. The minimum absolute atomic E-state index is 0.0870. The number of nitrogens with one attached hydrogen (secondary N) is 3. The fourth-order valence-corrected chi connectivity index (χ4v) is 5.18. The van der Waals surface area contributed by atoms with Gasteiger partial charge >= 0.3 is 5.97 Å². The van der Waals surface area contributed by atoms with Crippen LogP contribution in [0.2, 0.25) is 0 Å². The number of pyridine rings is 1. The maximum Gasteiger partial charge on any atom is 0.326 e. The molecule has 0 fully saturated rings. The summed E-state index contributed by atoms with van der Waals surface area (Å²) in [7, 11) is 0. The molecule has 0 saturated heterocycles. The zero-order chi connectivity index (χ0) is 25.5. The predicted molar refractivity (Wildman–Crippen MR) is 141 cm³/mol. The number of hydrogen-bond acceptors (Lipinski definition) is 4. The van der Waals surface area contributed by atoms with E-state index in [1.807, 2.05) is 24.3 Å². The first-order valence-corrected chi connectivity index (χ1v) is 13.3. The Morgan fingerprint density at radius 1 is 1.08 bits per heavy atom. The Bertz CT molecular complexity index is 1260. The van der Waals surface area contributed by atoms with E-state index in [1.165, 1.54) is 24.1 Å².